The largest absolute Gasteiger partial charge is 0.542 e. The van der Waals surface area contributed by atoms with Gasteiger partial charge in [-0.05, 0) is 73.9 Å². The first-order chi connectivity index (χ1) is 36.9. The Kier molecular flexibility index (Phi) is 25.6. The molecule has 6 heterocycles. The normalized spacial score (nSPS) is 10.5. The zero-order chi connectivity index (χ0) is 58.0. The number of carbonyl (C=O) groups excluding carboxylic acids is 5. The summed E-state index contributed by atoms with van der Waals surface area (Å²) in [5, 5.41) is 36.4. The van der Waals surface area contributed by atoms with E-state index in [4.69, 9.17) is 50.0 Å². The van der Waals surface area contributed by atoms with Gasteiger partial charge < -0.3 is 61.3 Å². The maximum absolute atomic E-state index is 12.2. The van der Waals surface area contributed by atoms with Crippen molar-refractivity contribution in [2.24, 2.45) is 0 Å². The molecule has 6 aromatic heterocycles. The van der Waals surface area contributed by atoms with Crippen LogP contribution in [0.4, 0.5) is 22.8 Å². The fourth-order valence-electron chi connectivity index (χ4n) is 6.22. The van der Waals surface area contributed by atoms with Crippen LogP contribution in [0.3, 0.4) is 0 Å². The molecule has 0 bridgehead atoms. The highest BCUT2D eigenvalue weighted by Crippen LogP contribution is 2.16. The summed E-state index contributed by atoms with van der Waals surface area (Å²) in [5.74, 6) is -5.50. The molecule has 78 heavy (non-hydrogen) atoms. The molecule has 4 amide bonds. The Morgan fingerprint density at radius 3 is 1.27 bits per heavy atom. The van der Waals surface area contributed by atoms with Crippen molar-refractivity contribution >= 4 is 73.6 Å². The molecule has 0 saturated carbocycles. The highest BCUT2D eigenvalue weighted by atomic mass is 19.4. The smallest absolute Gasteiger partial charge is 0.430 e. The monoisotopic (exact) mass is 1090 g/mol. The van der Waals surface area contributed by atoms with E-state index < -0.39 is 47.2 Å². The second-order valence-electron chi connectivity index (χ2n) is 16.0. The molecule has 29 heteroatoms. The Balaban J connectivity index is 0.000000290. The van der Waals surface area contributed by atoms with E-state index in [1.807, 2.05) is 6.92 Å². The number of ether oxygens (including phenoxy) is 3. The Labute approximate surface area is 443 Å². The number of halogens is 3. The van der Waals surface area contributed by atoms with Crippen LogP contribution in [0.5, 0.6) is 17.2 Å². The average molecular weight is 1090 g/mol. The summed E-state index contributed by atoms with van der Waals surface area (Å²) in [6.07, 6.45) is 2.08. The van der Waals surface area contributed by atoms with Crippen molar-refractivity contribution in [3.8, 4) is 17.2 Å². The molecule has 0 saturated heterocycles. The number of alkyl halides is 3. The first kappa shape index (κ1) is 63.2. The van der Waals surface area contributed by atoms with Crippen molar-refractivity contribution in [3.05, 3.63) is 139 Å². The van der Waals surface area contributed by atoms with Crippen LogP contribution in [-0.4, -0.2) is 139 Å². The van der Waals surface area contributed by atoms with Crippen molar-refractivity contribution in [2.75, 3.05) is 52.5 Å². The number of aromatic carboxylic acids is 1. The van der Waals surface area contributed by atoms with Gasteiger partial charge in [0.2, 0.25) is 0 Å². The van der Waals surface area contributed by atoms with Crippen LogP contribution in [0.2, 0.25) is 0 Å². The summed E-state index contributed by atoms with van der Waals surface area (Å²) in [7, 11) is 9.89. The fourth-order valence-corrected chi connectivity index (χ4v) is 6.22. The molecule has 0 aliphatic carbocycles. The zero-order valence-corrected chi connectivity index (χ0v) is 41.8. The molecule has 412 valence electrons. The molecule has 0 fully saturated rings. The molecular weight excluding hydrogens is 1040 g/mol. The molecule has 0 aromatic carbocycles. The van der Waals surface area contributed by atoms with Gasteiger partial charge in [0, 0.05) is 78.5 Å². The van der Waals surface area contributed by atoms with Crippen LogP contribution in [-0.2, 0) is 9.59 Å². The number of aromatic nitrogens is 3. The minimum atomic E-state index is -5.19. The third kappa shape index (κ3) is 22.0. The van der Waals surface area contributed by atoms with Gasteiger partial charge in [0.1, 0.15) is 23.2 Å². The number of pyridine rings is 6. The van der Waals surface area contributed by atoms with Crippen LogP contribution >= 0.6 is 0 Å². The van der Waals surface area contributed by atoms with Gasteiger partial charge in [0.25, 0.3) is 28.5 Å². The molecule has 6 aromatic rings. The number of hydrogen-bond donors (Lipinski definition) is 7. The summed E-state index contributed by atoms with van der Waals surface area (Å²) in [5.41, 5.74) is 4.71. The van der Waals surface area contributed by atoms with Crippen LogP contribution in [0, 0.1) is 0 Å². The van der Waals surface area contributed by atoms with E-state index in [9.17, 15) is 56.3 Å². The number of hydrogen-bond acceptors (Lipinski definition) is 14. The number of fused-ring (bicyclic) bond motifs is 3. The van der Waals surface area contributed by atoms with E-state index in [2.05, 4.69) is 27.0 Å². The van der Waals surface area contributed by atoms with Crippen LogP contribution in [0.15, 0.2) is 106 Å². The standard InChI is InChI=1S/C17H20BN3O4.C16H19N3O5.C14H13BN2O5.C2HF3O2/c1-2-6-19-16(23)12-9-13-4-5-14(11-21(13)15(22)10-12)25-8-3-7-20-17(18)24;17-5-1-7-24-13-3-2-12-8-11(9-14(20)19(12)10-13)16(23)18-6-4-15(21)22;15-14(21)16-4-1-5-22-11-3-2-10-6-9(13(19)20)7-12(18)17(10)8-11;3-2(4,5)1(6)7/h4-5,9-11H,2-3,6-8H2,1H3,(H,19,23)(H,20,24);2-3,8-10H,1,4-7,17H2,(H,18,23)(H,21,22);2-3,6-8H,1,4-5H2,(H,16,21)(H,19,20);(H,6,7). The topological polar surface area (TPSA) is 351 Å². The molecule has 0 aliphatic rings. The molecule has 9 N–H and O–H groups in total. The van der Waals surface area contributed by atoms with Gasteiger partial charge in [0.15, 0.2) is 27.3 Å². The van der Waals surface area contributed by atoms with E-state index in [-0.39, 0.29) is 41.1 Å². The average Bonchev–Trinajstić information content (AvgIpc) is 3.44. The van der Waals surface area contributed by atoms with Crippen molar-refractivity contribution < 1.29 is 82.0 Å². The van der Waals surface area contributed by atoms with Gasteiger partial charge in [-0.1, -0.05) is 6.92 Å². The van der Waals surface area contributed by atoms with E-state index in [1.165, 1.54) is 37.6 Å². The number of carboxylic acids is 3. The van der Waals surface area contributed by atoms with Crippen molar-refractivity contribution in [2.45, 2.75) is 45.2 Å². The number of carbonyl (C=O) groups is 7. The summed E-state index contributed by atoms with van der Waals surface area (Å²) in [4.78, 5) is 111. The SMILES string of the molecule is O=C([O-])C(F)(F)F.[B]C(=O)NCCCOc1ccc2cc(C(=O)NCCC)cc(=O)n2c1.[B]C(=O)NCCCOc1ccc2cc(C(=O)O)cc(=O)n2c1.[NH3+]CCCOc1ccc2cc(C(=O)NCCC(=O)O)cc(=O)n2c1. The predicted molar refractivity (Wildman–Crippen MR) is 273 cm³/mol. The van der Waals surface area contributed by atoms with Crippen molar-refractivity contribution in [3.63, 3.8) is 0 Å². The highest BCUT2D eigenvalue weighted by molar-refractivity contribution is 6.57. The Morgan fingerprint density at radius 2 is 0.936 bits per heavy atom. The Morgan fingerprint density at radius 1 is 0.577 bits per heavy atom. The zero-order valence-electron chi connectivity index (χ0n) is 41.8. The van der Waals surface area contributed by atoms with E-state index in [0.29, 0.717) is 91.7 Å². The van der Waals surface area contributed by atoms with E-state index in [1.54, 1.807) is 60.9 Å². The molecular formula is C49H53B2F3N8O16. The lowest BCUT2D eigenvalue weighted by atomic mass is 10.1. The van der Waals surface area contributed by atoms with Crippen molar-refractivity contribution in [1.29, 1.82) is 0 Å². The van der Waals surface area contributed by atoms with Crippen LogP contribution in [0.1, 0.15) is 70.1 Å². The molecule has 6 rings (SSSR count). The third-order valence-corrected chi connectivity index (χ3v) is 9.92. The van der Waals surface area contributed by atoms with Crippen LogP contribution in [0.25, 0.3) is 16.6 Å². The molecule has 0 aliphatic heterocycles. The maximum Gasteiger partial charge on any atom is 0.430 e. The van der Waals surface area contributed by atoms with Crippen LogP contribution < -0.4 is 63.0 Å². The molecule has 4 radical (unpaired) electrons. The number of amides is 4. The molecule has 0 spiro atoms. The van der Waals surface area contributed by atoms with E-state index >= 15 is 0 Å². The van der Waals surface area contributed by atoms with Gasteiger partial charge in [0.05, 0.1) is 56.9 Å². The quantitative estimate of drug-likeness (QED) is 0.0360. The number of nitrogens with one attached hydrogen (secondary N) is 4. The second kappa shape index (κ2) is 31.7. The number of rotatable bonds is 22. The van der Waals surface area contributed by atoms with E-state index in [0.717, 1.165) is 25.5 Å². The highest BCUT2D eigenvalue weighted by Gasteiger charge is 2.29. The summed E-state index contributed by atoms with van der Waals surface area (Å²) in [6.45, 7) is 5.35. The second-order valence-corrected chi connectivity index (χ2v) is 16.0. The van der Waals surface area contributed by atoms with Gasteiger partial charge in [-0.15, -0.1) is 0 Å². The number of carboxylic acid groups (broad SMARTS) is 3. The van der Waals surface area contributed by atoms with Crippen molar-refractivity contribution in [1.82, 2.24) is 34.5 Å². The summed E-state index contributed by atoms with van der Waals surface area (Å²) >= 11 is 0. The minimum Gasteiger partial charge on any atom is -0.542 e. The number of aliphatic carboxylic acids is 2. The first-order valence-corrected chi connectivity index (χ1v) is 23.5. The minimum absolute atomic E-state index is 0.00655. The Bertz CT molecular complexity index is 3260. The van der Waals surface area contributed by atoms with Gasteiger partial charge >= 0.3 is 18.1 Å². The lowest BCUT2D eigenvalue weighted by molar-refractivity contribution is -0.368. The van der Waals surface area contributed by atoms with Gasteiger partial charge in [-0.25, -0.2) is 4.79 Å². The Hall–Kier alpha value is -9.14. The van der Waals surface area contributed by atoms with Gasteiger partial charge in [-0.2, -0.15) is 13.2 Å². The summed E-state index contributed by atoms with van der Waals surface area (Å²) < 4.78 is 52.2. The first-order valence-electron chi connectivity index (χ1n) is 23.5. The lowest BCUT2D eigenvalue weighted by Gasteiger charge is -2.09. The maximum atomic E-state index is 12.2. The lowest BCUT2D eigenvalue weighted by Crippen LogP contribution is -2.50. The molecule has 24 nitrogen and oxygen atoms in total. The third-order valence-electron chi connectivity index (χ3n) is 9.92. The molecule has 0 unspecified atom stereocenters. The van der Waals surface area contributed by atoms with Gasteiger partial charge in [-0.3, -0.25) is 51.6 Å². The number of quaternary nitrogens is 1. The molecule has 0 atom stereocenters. The number of nitrogens with zero attached hydrogens (tertiary/aromatic N) is 3. The predicted octanol–water partition coefficient (Wildman–Crippen LogP) is 0.544. The fraction of sp³-hybridized carbons (Fsp3) is 0.306. The summed E-state index contributed by atoms with van der Waals surface area (Å²) in [6, 6.07) is 18.3.